The lowest BCUT2D eigenvalue weighted by Crippen LogP contribution is -2.29. The van der Waals surface area contributed by atoms with Crippen LogP contribution in [0.5, 0.6) is 5.75 Å². The minimum absolute atomic E-state index is 0.123. The topological polar surface area (TPSA) is 69.4 Å². The molecule has 0 saturated carbocycles. The molecule has 1 aromatic carbocycles. The van der Waals surface area contributed by atoms with Crippen molar-refractivity contribution in [3.8, 4) is 5.75 Å². The van der Waals surface area contributed by atoms with E-state index in [-0.39, 0.29) is 11.9 Å². The zero-order valence-corrected chi connectivity index (χ0v) is 8.33. The summed E-state index contributed by atoms with van der Waals surface area (Å²) in [6.07, 6.45) is 0.287. The zero-order chi connectivity index (χ0) is 10.2. The molecule has 0 bridgehead atoms. The molecule has 76 valence electrons. The predicted octanol–water partition coefficient (Wildman–Crippen LogP) is 0.279. The number of para-hydroxylation sites is 1. The molecule has 2 rings (SSSR count). The molecule has 0 saturated heterocycles. The highest BCUT2D eigenvalue weighted by Gasteiger charge is 2.25. The SMILES string of the molecule is NS(=O)(=O)CC1Cc2ccccc2O1. The van der Waals surface area contributed by atoms with Gasteiger partial charge in [-0.05, 0) is 11.6 Å². The Balaban J connectivity index is 2.13. The lowest BCUT2D eigenvalue weighted by Gasteiger charge is -2.07. The van der Waals surface area contributed by atoms with Crippen LogP contribution in [0, 0.1) is 0 Å². The van der Waals surface area contributed by atoms with Crippen LogP contribution >= 0.6 is 0 Å². The number of hydrogen-bond donors (Lipinski definition) is 1. The van der Waals surface area contributed by atoms with Gasteiger partial charge in [0.15, 0.2) is 0 Å². The van der Waals surface area contributed by atoms with Gasteiger partial charge in [-0.15, -0.1) is 0 Å². The van der Waals surface area contributed by atoms with Crippen LogP contribution in [0.3, 0.4) is 0 Å². The number of nitrogens with two attached hydrogens (primary N) is 1. The molecule has 0 aliphatic carbocycles. The van der Waals surface area contributed by atoms with Gasteiger partial charge in [-0.1, -0.05) is 18.2 Å². The minimum Gasteiger partial charge on any atom is -0.489 e. The van der Waals surface area contributed by atoms with Gasteiger partial charge in [0.05, 0.1) is 0 Å². The number of hydrogen-bond acceptors (Lipinski definition) is 3. The number of primary sulfonamides is 1. The second-order valence-electron chi connectivity index (χ2n) is 3.38. The third kappa shape index (κ3) is 2.05. The molecule has 2 N–H and O–H groups in total. The minimum atomic E-state index is -3.45. The van der Waals surface area contributed by atoms with Crippen molar-refractivity contribution in [1.82, 2.24) is 0 Å². The third-order valence-corrected chi connectivity index (χ3v) is 2.97. The molecule has 1 atom stereocenters. The summed E-state index contributed by atoms with van der Waals surface area (Å²) in [5.74, 6) is 0.642. The maximum atomic E-state index is 10.8. The second kappa shape index (κ2) is 3.25. The van der Waals surface area contributed by atoms with Crippen molar-refractivity contribution in [3.05, 3.63) is 29.8 Å². The van der Waals surface area contributed by atoms with Crippen molar-refractivity contribution in [3.63, 3.8) is 0 Å². The molecule has 0 amide bonds. The Morgan fingerprint density at radius 3 is 2.79 bits per heavy atom. The highest BCUT2D eigenvalue weighted by Crippen LogP contribution is 2.28. The first-order chi connectivity index (χ1) is 6.54. The van der Waals surface area contributed by atoms with Gasteiger partial charge in [0.25, 0.3) is 0 Å². The van der Waals surface area contributed by atoms with E-state index in [1.807, 2.05) is 24.3 Å². The molecule has 0 aromatic heterocycles. The normalized spacial score (nSPS) is 20.2. The Morgan fingerprint density at radius 1 is 1.43 bits per heavy atom. The summed E-state index contributed by atoms with van der Waals surface area (Å²) in [4.78, 5) is 0. The van der Waals surface area contributed by atoms with Crippen LogP contribution in [0.1, 0.15) is 5.56 Å². The van der Waals surface area contributed by atoms with Crippen LogP contribution in [0.15, 0.2) is 24.3 Å². The van der Waals surface area contributed by atoms with Crippen molar-refractivity contribution >= 4 is 10.0 Å². The quantitative estimate of drug-likeness (QED) is 0.767. The Morgan fingerprint density at radius 2 is 2.14 bits per heavy atom. The van der Waals surface area contributed by atoms with Gasteiger partial charge in [0.1, 0.15) is 17.6 Å². The van der Waals surface area contributed by atoms with Crippen LogP contribution < -0.4 is 9.88 Å². The molecule has 0 spiro atoms. The van der Waals surface area contributed by atoms with Gasteiger partial charge in [0, 0.05) is 6.42 Å². The molecule has 1 aliphatic rings. The number of rotatable bonds is 2. The third-order valence-electron chi connectivity index (χ3n) is 2.13. The van der Waals surface area contributed by atoms with E-state index >= 15 is 0 Å². The predicted molar refractivity (Wildman–Crippen MR) is 52.5 cm³/mol. The molecule has 1 aromatic rings. The van der Waals surface area contributed by atoms with E-state index < -0.39 is 10.0 Å². The molecule has 4 nitrogen and oxygen atoms in total. The average molecular weight is 213 g/mol. The molecule has 5 heteroatoms. The summed E-state index contributed by atoms with van der Waals surface area (Å²) in [6.45, 7) is 0. The van der Waals surface area contributed by atoms with Gasteiger partial charge in [-0.2, -0.15) is 0 Å². The fourth-order valence-corrected chi connectivity index (χ4v) is 2.31. The van der Waals surface area contributed by atoms with Gasteiger partial charge in [-0.25, -0.2) is 13.6 Å². The summed E-state index contributed by atoms with van der Waals surface area (Å²) in [7, 11) is -3.45. The molecule has 1 unspecified atom stereocenters. The van der Waals surface area contributed by atoms with Crippen LogP contribution in [-0.2, 0) is 16.4 Å². The van der Waals surface area contributed by atoms with Crippen LogP contribution in [0.2, 0.25) is 0 Å². The van der Waals surface area contributed by atoms with Crippen molar-refractivity contribution in [2.75, 3.05) is 5.75 Å². The zero-order valence-electron chi connectivity index (χ0n) is 7.51. The van der Waals surface area contributed by atoms with Crippen molar-refractivity contribution < 1.29 is 13.2 Å². The van der Waals surface area contributed by atoms with Crippen molar-refractivity contribution in [2.24, 2.45) is 5.14 Å². The Hall–Kier alpha value is -1.07. The van der Waals surface area contributed by atoms with E-state index in [2.05, 4.69) is 0 Å². The van der Waals surface area contributed by atoms with Gasteiger partial charge >= 0.3 is 0 Å². The first-order valence-electron chi connectivity index (χ1n) is 4.29. The number of fused-ring (bicyclic) bond motifs is 1. The lowest BCUT2D eigenvalue weighted by molar-refractivity contribution is 0.256. The Bertz CT molecular complexity index is 416. The Labute approximate surface area is 82.7 Å². The number of ether oxygens (including phenoxy) is 1. The van der Waals surface area contributed by atoms with E-state index in [1.165, 1.54) is 0 Å². The summed E-state index contributed by atoms with van der Waals surface area (Å²) in [5.41, 5.74) is 1.04. The van der Waals surface area contributed by atoms with Crippen LogP contribution in [0.25, 0.3) is 0 Å². The maximum Gasteiger partial charge on any atom is 0.212 e. The van der Waals surface area contributed by atoms with Crippen molar-refractivity contribution in [1.29, 1.82) is 0 Å². The lowest BCUT2D eigenvalue weighted by atomic mass is 10.1. The fraction of sp³-hybridized carbons (Fsp3) is 0.333. The number of sulfonamides is 1. The summed E-state index contributed by atoms with van der Waals surface area (Å²) < 4.78 is 27.1. The highest BCUT2D eigenvalue weighted by molar-refractivity contribution is 7.89. The smallest absolute Gasteiger partial charge is 0.212 e. The molecule has 1 aliphatic heterocycles. The van der Waals surface area contributed by atoms with Crippen LogP contribution in [0.4, 0.5) is 0 Å². The molecule has 0 fully saturated rings. The average Bonchev–Trinajstić information content (AvgIpc) is 2.42. The van der Waals surface area contributed by atoms with Gasteiger partial charge < -0.3 is 4.74 Å². The molecule has 14 heavy (non-hydrogen) atoms. The molecule has 0 radical (unpaired) electrons. The van der Waals surface area contributed by atoms with E-state index in [0.29, 0.717) is 6.42 Å². The molecule has 1 heterocycles. The van der Waals surface area contributed by atoms with E-state index in [9.17, 15) is 8.42 Å². The number of benzene rings is 1. The first-order valence-corrected chi connectivity index (χ1v) is 6.01. The standard InChI is InChI=1S/C9H11NO3S/c10-14(11,12)6-8-5-7-3-1-2-4-9(7)13-8/h1-4,8H,5-6H2,(H2,10,11,12). The molecular formula is C9H11NO3S. The fourth-order valence-electron chi connectivity index (χ4n) is 1.61. The Kier molecular flexibility index (Phi) is 2.20. The summed E-state index contributed by atoms with van der Waals surface area (Å²) >= 11 is 0. The second-order valence-corrected chi connectivity index (χ2v) is 5.04. The van der Waals surface area contributed by atoms with Gasteiger partial charge in [0.2, 0.25) is 10.0 Å². The first kappa shape index (κ1) is 9.48. The summed E-state index contributed by atoms with van der Waals surface area (Å²) in [5, 5.41) is 4.94. The monoisotopic (exact) mass is 213 g/mol. The van der Waals surface area contributed by atoms with Crippen molar-refractivity contribution in [2.45, 2.75) is 12.5 Å². The van der Waals surface area contributed by atoms with Gasteiger partial charge in [-0.3, -0.25) is 0 Å². The summed E-state index contributed by atoms with van der Waals surface area (Å²) in [6, 6.07) is 7.52. The van der Waals surface area contributed by atoms with E-state index in [0.717, 1.165) is 11.3 Å². The molecular weight excluding hydrogens is 202 g/mol. The largest absolute Gasteiger partial charge is 0.489 e. The van der Waals surface area contributed by atoms with E-state index in [1.54, 1.807) is 0 Å². The highest BCUT2D eigenvalue weighted by atomic mass is 32.2. The van der Waals surface area contributed by atoms with E-state index in [4.69, 9.17) is 9.88 Å². The maximum absolute atomic E-state index is 10.8. The van der Waals surface area contributed by atoms with Crippen LogP contribution in [-0.4, -0.2) is 20.3 Å².